The average Bonchev–Trinajstić information content (AvgIpc) is 3.37. The molecule has 1 aromatic heterocycles. The Morgan fingerprint density at radius 3 is 2.53 bits per heavy atom. The van der Waals surface area contributed by atoms with Gasteiger partial charge in [0.1, 0.15) is 6.61 Å². The van der Waals surface area contributed by atoms with Crippen LogP contribution in [0.3, 0.4) is 0 Å². The van der Waals surface area contributed by atoms with E-state index in [1.54, 1.807) is 0 Å². The van der Waals surface area contributed by atoms with Gasteiger partial charge in [-0.25, -0.2) is 0 Å². The minimum absolute atomic E-state index is 0.0629. The lowest BCUT2D eigenvalue weighted by atomic mass is 10.2. The number of nitrogens with one attached hydrogen (secondary N) is 1. The highest BCUT2D eigenvalue weighted by Gasteiger charge is 2.33. The summed E-state index contributed by atoms with van der Waals surface area (Å²) in [6.07, 6.45) is -0.631. The molecule has 5 rings (SSSR count). The van der Waals surface area contributed by atoms with Gasteiger partial charge in [-0.1, -0.05) is 53.4 Å². The van der Waals surface area contributed by atoms with Crippen LogP contribution in [0.2, 0.25) is 0 Å². The molecule has 1 fully saturated rings. The van der Waals surface area contributed by atoms with Crippen LogP contribution in [0.25, 0.3) is 0 Å². The molecule has 2 aromatic carbocycles. The number of anilines is 2. The highest BCUT2D eigenvalue weighted by molar-refractivity contribution is 8.01. The first-order valence-electron chi connectivity index (χ1n) is 10.9. The van der Waals surface area contributed by atoms with Crippen LogP contribution in [-0.2, 0) is 9.59 Å². The molecule has 176 valence electrons. The zero-order valence-corrected chi connectivity index (χ0v) is 19.9. The first kappa shape index (κ1) is 22.5. The predicted molar refractivity (Wildman–Crippen MR) is 131 cm³/mol. The first-order valence-corrected chi connectivity index (χ1v) is 12.7. The number of para-hydroxylation sites is 3. The zero-order valence-electron chi connectivity index (χ0n) is 18.3. The van der Waals surface area contributed by atoms with E-state index in [9.17, 15) is 9.59 Å². The van der Waals surface area contributed by atoms with Gasteiger partial charge in [0.15, 0.2) is 15.8 Å². The number of carbonyl (C=O) groups is 2. The maximum absolute atomic E-state index is 12.9. The van der Waals surface area contributed by atoms with E-state index in [1.807, 2.05) is 59.5 Å². The SMILES string of the molecule is O=C(CSc1nnc(N2CCN(C(=O)[C@H]3COc4ccccc4O3)CC2)s1)Nc1ccccc1. The van der Waals surface area contributed by atoms with Gasteiger partial charge in [0, 0.05) is 31.9 Å². The van der Waals surface area contributed by atoms with Gasteiger partial charge in [0.25, 0.3) is 5.91 Å². The molecule has 11 heteroatoms. The number of ether oxygens (including phenoxy) is 2. The summed E-state index contributed by atoms with van der Waals surface area (Å²) in [5.74, 6) is 1.38. The molecule has 3 heterocycles. The number of benzene rings is 2. The molecule has 2 aliphatic rings. The number of rotatable bonds is 6. The molecule has 0 unspecified atom stereocenters. The molecule has 0 bridgehead atoms. The normalized spacial score (nSPS) is 17.4. The second-order valence-corrected chi connectivity index (χ2v) is 9.91. The van der Waals surface area contributed by atoms with Gasteiger partial charge in [0.2, 0.25) is 17.1 Å². The van der Waals surface area contributed by atoms with E-state index in [0.717, 1.165) is 15.2 Å². The average molecular weight is 498 g/mol. The van der Waals surface area contributed by atoms with E-state index in [1.165, 1.54) is 23.1 Å². The lowest BCUT2D eigenvalue weighted by Crippen LogP contribution is -2.54. The van der Waals surface area contributed by atoms with Gasteiger partial charge >= 0.3 is 0 Å². The second-order valence-electron chi connectivity index (χ2n) is 7.73. The van der Waals surface area contributed by atoms with Crippen molar-refractivity contribution < 1.29 is 19.1 Å². The predicted octanol–water partition coefficient (Wildman–Crippen LogP) is 2.76. The number of amides is 2. The van der Waals surface area contributed by atoms with Crippen molar-refractivity contribution >= 4 is 45.7 Å². The van der Waals surface area contributed by atoms with Crippen LogP contribution < -0.4 is 19.7 Å². The summed E-state index contributed by atoms with van der Waals surface area (Å²) >= 11 is 2.82. The van der Waals surface area contributed by atoms with Crippen molar-refractivity contribution in [2.24, 2.45) is 0 Å². The van der Waals surface area contributed by atoms with Crippen molar-refractivity contribution in [3.05, 3.63) is 54.6 Å². The monoisotopic (exact) mass is 497 g/mol. The van der Waals surface area contributed by atoms with E-state index < -0.39 is 6.10 Å². The Kier molecular flexibility index (Phi) is 6.82. The van der Waals surface area contributed by atoms with Crippen molar-refractivity contribution in [3.63, 3.8) is 0 Å². The molecule has 2 amide bonds. The third-order valence-corrected chi connectivity index (χ3v) is 7.54. The van der Waals surface area contributed by atoms with E-state index >= 15 is 0 Å². The number of fused-ring (bicyclic) bond motifs is 1. The fourth-order valence-corrected chi connectivity index (χ4v) is 5.39. The lowest BCUT2D eigenvalue weighted by Gasteiger charge is -2.36. The molecular formula is C23H23N5O4S2. The second kappa shape index (κ2) is 10.3. The fourth-order valence-electron chi connectivity index (χ4n) is 3.70. The topological polar surface area (TPSA) is 96.9 Å². The Morgan fingerprint density at radius 2 is 1.74 bits per heavy atom. The Bertz CT molecular complexity index is 1150. The maximum atomic E-state index is 12.9. The van der Waals surface area contributed by atoms with Gasteiger partial charge in [0.05, 0.1) is 5.75 Å². The molecule has 2 aliphatic heterocycles. The molecule has 3 aromatic rings. The highest BCUT2D eigenvalue weighted by atomic mass is 32.2. The van der Waals surface area contributed by atoms with E-state index in [2.05, 4.69) is 20.4 Å². The van der Waals surface area contributed by atoms with Gasteiger partial charge in [-0.2, -0.15) is 0 Å². The number of hydrogen-bond donors (Lipinski definition) is 1. The van der Waals surface area contributed by atoms with Crippen LogP contribution in [0, 0.1) is 0 Å². The van der Waals surface area contributed by atoms with Gasteiger partial charge in [-0.15, -0.1) is 10.2 Å². The van der Waals surface area contributed by atoms with Crippen LogP contribution in [0.1, 0.15) is 0 Å². The number of thioether (sulfide) groups is 1. The van der Waals surface area contributed by atoms with Crippen LogP contribution in [0.15, 0.2) is 58.9 Å². The number of aromatic nitrogens is 2. The summed E-state index contributed by atoms with van der Waals surface area (Å²) in [4.78, 5) is 29.0. The summed E-state index contributed by atoms with van der Waals surface area (Å²) in [7, 11) is 0. The summed E-state index contributed by atoms with van der Waals surface area (Å²) in [6.45, 7) is 2.67. The molecule has 0 aliphatic carbocycles. The number of nitrogens with zero attached hydrogens (tertiary/aromatic N) is 4. The number of carbonyl (C=O) groups excluding carboxylic acids is 2. The minimum atomic E-state index is -0.631. The third-order valence-electron chi connectivity index (χ3n) is 5.43. The van der Waals surface area contributed by atoms with Crippen LogP contribution in [0.5, 0.6) is 11.5 Å². The highest BCUT2D eigenvalue weighted by Crippen LogP contribution is 2.32. The molecule has 0 saturated carbocycles. The smallest absolute Gasteiger partial charge is 0.267 e. The van der Waals surface area contributed by atoms with Gasteiger partial charge in [-0.05, 0) is 24.3 Å². The van der Waals surface area contributed by atoms with Gasteiger partial charge in [-0.3, -0.25) is 9.59 Å². The summed E-state index contributed by atoms with van der Waals surface area (Å²) < 4.78 is 12.3. The van der Waals surface area contributed by atoms with E-state index in [0.29, 0.717) is 37.7 Å². The number of hydrogen-bond acceptors (Lipinski definition) is 9. The molecule has 34 heavy (non-hydrogen) atoms. The standard InChI is InChI=1S/C23H23N5O4S2/c29-20(24-16-6-2-1-3-7-16)15-33-23-26-25-22(34-23)28-12-10-27(11-13-28)21(30)19-14-31-17-8-4-5-9-18(17)32-19/h1-9,19H,10-15H2,(H,24,29)/t19-/m1/s1. The molecule has 9 nitrogen and oxygen atoms in total. The lowest BCUT2D eigenvalue weighted by molar-refractivity contribution is -0.141. The molecular weight excluding hydrogens is 474 g/mol. The Balaban J connectivity index is 1.09. The van der Waals surface area contributed by atoms with E-state index in [4.69, 9.17) is 9.47 Å². The van der Waals surface area contributed by atoms with Gasteiger partial charge < -0.3 is 24.6 Å². The third kappa shape index (κ3) is 5.26. The summed E-state index contributed by atoms with van der Waals surface area (Å²) in [6, 6.07) is 16.7. The van der Waals surface area contributed by atoms with E-state index in [-0.39, 0.29) is 24.2 Å². The Labute approximate surface area is 205 Å². The number of piperazine rings is 1. The first-order chi connectivity index (χ1) is 16.7. The van der Waals surface area contributed by atoms with Crippen LogP contribution >= 0.6 is 23.1 Å². The Morgan fingerprint density at radius 1 is 1.00 bits per heavy atom. The minimum Gasteiger partial charge on any atom is -0.485 e. The summed E-state index contributed by atoms with van der Waals surface area (Å²) in [5.41, 5.74) is 0.771. The molecule has 0 radical (unpaired) electrons. The van der Waals surface area contributed by atoms with Crippen LogP contribution in [-0.4, -0.2) is 71.6 Å². The fraction of sp³-hybridized carbons (Fsp3) is 0.304. The molecule has 1 atom stereocenters. The van der Waals surface area contributed by atoms with Crippen molar-refractivity contribution in [1.82, 2.24) is 15.1 Å². The Hall–Kier alpha value is -3.31. The molecule has 0 spiro atoms. The largest absolute Gasteiger partial charge is 0.485 e. The molecule has 1 N–H and O–H groups in total. The van der Waals surface area contributed by atoms with Crippen molar-refractivity contribution in [1.29, 1.82) is 0 Å². The molecule has 1 saturated heterocycles. The zero-order chi connectivity index (χ0) is 23.3. The van der Waals surface area contributed by atoms with Crippen molar-refractivity contribution in [2.75, 3.05) is 48.8 Å². The maximum Gasteiger partial charge on any atom is 0.267 e. The van der Waals surface area contributed by atoms with Crippen LogP contribution in [0.4, 0.5) is 10.8 Å². The summed E-state index contributed by atoms with van der Waals surface area (Å²) in [5, 5.41) is 12.1. The van der Waals surface area contributed by atoms with Crippen molar-refractivity contribution in [2.45, 2.75) is 10.4 Å². The quantitative estimate of drug-likeness (QED) is 0.520. The van der Waals surface area contributed by atoms with Crippen molar-refractivity contribution in [3.8, 4) is 11.5 Å².